The minimum atomic E-state index is 0.112. The second-order valence-corrected chi connectivity index (χ2v) is 6.64. The largest absolute Gasteiger partial charge is 0.494 e. The van der Waals surface area contributed by atoms with Gasteiger partial charge < -0.3 is 15.4 Å². The molecule has 1 unspecified atom stereocenters. The van der Waals surface area contributed by atoms with Crippen molar-refractivity contribution in [1.29, 1.82) is 0 Å². The van der Waals surface area contributed by atoms with Gasteiger partial charge in [0, 0.05) is 24.8 Å². The first-order valence-electron chi connectivity index (χ1n) is 9.00. The summed E-state index contributed by atoms with van der Waals surface area (Å²) in [6.45, 7) is 6.97. The van der Waals surface area contributed by atoms with Crippen molar-refractivity contribution in [2.45, 2.75) is 38.6 Å². The van der Waals surface area contributed by atoms with Gasteiger partial charge in [-0.3, -0.25) is 0 Å². The predicted octanol–water partition coefficient (Wildman–Crippen LogP) is 4.49. The summed E-state index contributed by atoms with van der Waals surface area (Å²) in [5.41, 5.74) is 9.90. The Labute approximate surface area is 145 Å². The summed E-state index contributed by atoms with van der Waals surface area (Å²) in [6.07, 6.45) is 2.40. The van der Waals surface area contributed by atoms with Gasteiger partial charge in [-0.05, 0) is 68.0 Å². The first-order chi connectivity index (χ1) is 11.7. The fourth-order valence-electron chi connectivity index (χ4n) is 3.46. The summed E-state index contributed by atoms with van der Waals surface area (Å²) >= 11 is 0. The van der Waals surface area contributed by atoms with Crippen LogP contribution in [0.2, 0.25) is 0 Å². The van der Waals surface area contributed by atoms with Gasteiger partial charge in [-0.2, -0.15) is 0 Å². The van der Waals surface area contributed by atoms with Crippen LogP contribution in [0.3, 0.4) is 0 Å². The molecule has 0 spiro atoms. The third-order valence-corrected chi connectivity index (χ3v) is 4.94. The number of hydrogen-bond acceptors (Lipinski definition) is 3. The van der Waals surface area contributed by atoms with Crippen molar-refractivity contribution in [3.05, 3.63) is 59.7 Å². The molecule has 1 atom stereocenters. The highest BCUT2D eigenvalue weighted by atomic mass is 16.5. The highest BCUT2D eigenvalue weighted by Gasteiger charge is 2.21. The molecule has 3 rings (SSSR count). The van der Waals surface area contributed by atoms with Crippen molar-refractivity contribution in [1.82, 2.24) is 0 Å². The molecule has 2 N–H and O–H groups in total. The average Bonchev–Trinajstić information content (AvgIpc) is 2.63. The summed E-state index contributed by atoms with van der Waals surface area (Å²) in [7, 11) is 0. The maximum absolute atomic E-state index is 5.94. The van der Waals surface area contributed by atoms with Crippen molar-refractivity contribution in [2.75, 3.05) is 24.6 Å². The molecule has 1 fully saturated rings. The zero-order valence-corrected chi connectivity index (χ0v) is 14.7. The molecule has 0 saturated carbocycles. The van der Waals surface area contributed by atoms with E-state index in [-0.39, 0.29) is 6.04 Å². The molecule has 0 aromatic heterocycles. The van der Waals surface area contributed by atoms with Crippen LogP contribution in [0.15, 0.2) is 48.5 Å². The van der Waals surface area contributed by atoms with E-state index >= 15 is 0 Å². The number of hydrogen-bond donors (Lipinski definition) is 1. The van der Waals surface area contributed by atoms with Crippen LogP contribution >= 0.6 is 0 Å². The summed E-state index contributed by atoms with van der Waals surface area (Å²) in [6, 6.07) is 17.5. The maximum atomic E-state index is 5.94. The summed E-state index contributed by atoms with van der Waals surface area (Å²) in [4.78, 5) is 2.47. The van der Waals surface area contributed by atoms with Crippen LogP contribution in [0.25, 0.3) is 0 Å². The van der Waals surface area contributed by atoms with Gasteiger partial charge in [0.05, 0.1) is 6.61 Å². The average molecular weight is 324 g/mol. The zero-order valence-electron chi connectivity index (χ0n) is 14.7. The van der Waals surface area contributed by atoms with Crippen molar-refractivity contribution in [3.63, 3.8) is 0 Å². The van der Waals surface area contributed by atoms with Gasteiger partial charge in [0.15, 0.2) is 0 Å². The van der Waals surface area contributed by atoms with Crippen LogP contribution in [0.1, 0.15) is 49.8 Å². The van der Waals surface area contributed by atoms with Gasteiger partial charge in [-0.15, -0.1) is 0 Å². The number of benzene rings is 2. The van der Waals surface area contributed by atoms with E-state index in [4.69, 9.17) is 10.5 Å². The van der Waals surface area contributed by atoms with E-state index in [1.807, 2.05) is 13.8 Å². The Bertz CT molecular complexity index is 626. The number of ether oxygens (including phenoxy) is 1. The van der Waals surface area contributed by atoms with Gasteiger partial charge in [0.2, 0.25) is 0 Å². The lowest BCUT2D eigenvalue weighted by Crippen LogP contribution is -2.32. The molecule has 0 amide bonds. The molecule has 2 aromatic rings. The van der Waals surface area contributed by atoms with Crippen LogP contribution < -0.4 is 15.4 Å². The minimum Gasteiger partial charge on any atom is -0.494 e. The fourth-order valence-corrected chi connectivity index (χ4v) is 3.46. The normalized spacial score (nSPS) is 16.9. The third kappa shape index (κ3) is 3.90. The number of nitrogens with zero attached hydrogens (tertiary/aromatic N) is 1. The topological polar surface area (TPSA) is 38.5 Å². The van der Waals surface area contributed by atoms with Gasteiger partial charge in [0.1, 0.15) is 5.75 Å². The SMILES string of the molecule is CCOc1ccc(N2CCC(c3ccc(C(C)N)cc3)CC2)cc1. The standard InChI is InChI=1S/C21H28N2O/c1-3-24-21-10-8-20(9-11-21)23-14-12-19(13-15-23)18-6-4-17(5-7-18)16(2)22/h4-11,16,19H,3,12-15,22H2,1-2H3. The Hall–Kier alpha value is -2.00. The number of piperidine rings is 1. The summed E-state index contributed by atoms with van der Waals surface area (Å²) < 4.78 is 5.52. The molecule has 3 heteroatoms. The molecule has 1 aliphatic heterocycles. The van der Waals surface area contributed by atoms with Crippen LogP contribution in [0.4, 0.5) is 5.69 Å². The fraction of sp³-hybridized carbons (Fsp3) is 0.429. The molecular weight excluding hydrogens is 296 g/mol. The number of rotatable bonds is 5. The molecule has 2 aromatic carbocycles. The van der Waals surface area contributed by atoms with E-state index < -0.39 is 0 Å². The molecule has 0 radical (unpaired) electrons. The summed E-state index contributed by atoms with van der Waals surface area (Å²) in [5, 5.41) is 0. The van der Waals surface area contributed by atoms with Crippen LogP contribution in [-0.4, -0.2) is 19.7 Å². The molecule has 1 saturated heterocycles. The van der Waals surface area contributed by atoms with Gasteiger partial charge in [-0.1, -0.05) is 24.3 Å². The van der Waals surface area contributed by atoms with Crippen molar-refractivity contribution in [2.24, 2.45) is 5.73 Å². The van der Waals surface area contributed by atoms with E-state index in [2.05, 4.69) is 53.4 Å². The second kappa shape index (κ2) is 7.71. The Balaban J connectivity index is 1.58. The molecule has 1 heterocycles. The van der Waals surface area contributed by atoms with Crippen LogP contribution in [0, 0.1) is 0 Å². The van der Waals surface area contributed by atoms with E-state index in [1.54, 1.807) is 0 Å². The molecule has 3 nitrogen and oxygen atoms in total. The minimum absolute atomic E-state index is 0.112. The maximum Gasteiger partial charge on any atom is 0.119 e. The van der Waals surface area contributed by atoms with Gasteiger partial charge in [-0.25, -0.2) is 0 Å². The Kier molecular flexibility index (Phi) is 5.41. The van der Waals surface area contributed by atoms with Crippen LogP contribution in [-0.2, 0) is 0 Å². The van der Waals surface area contributed by atoms with E-state index in [0.29, 0.717) is 12.5 Å². The molecular formula is C21H28N2O. The molecule has 0 aliphatic carbocycles. The molecule has 1 aliphatic rings. The molecule has 24 heavy (non-hydrogen) atoms. The van der Waals surface area contributed by atoms with E-state index in [9.17, 15) is 0 Å². The number of nitrogens with two attached hydrogens (primary N) is 1. The third-order valence-electron chi connectivity index (χ3n) is 4.94. The Morgan fingerprint density at radius 2 is 1.67 bits per heavy atom. The van der Waals surface area contributed by atoms with Crippen molar-refractivity contribution < 1.29 is 4.74 Å². The highest BCUT2D eigenvalue weighted by Crippen LogP contribution is 2.31. The lowest BCUT2D eigenvalue weighted by atomic mass is 9.88. The van der Waals surface area contributed by atoms with Gasteiger partial charge >= 0.3 is 0 Å². The predicted molar refractivity (Wildman–Crippen MR) is 101 cm³/mol. The monoisotopic (exact) mass is 324 g/mol. The molecule has 128 valence electrons. The van der Waals surface area contributed by atoms with Gasteiger partial charge in [0.25, 0.3) is 0 Å². The lowest BCUT2D eigenvalue weighted by molar-refractivity contribution is 0.340. The second-order valence-electron chi connectivity index (χ2n) is 6.64. The first kappa shape index (κ1) is 16.8. The summed E-state index contributed by atoms with van der Waals surface area (Å²) in [5.74, 6) is 1.61. The lowest BCUT2D eigenvalue weighted by Gasteiger charge is -2.34. The first-order valence-corrected chi connectivity index (χ1v) is 9.00. The highest BCUT2D eigenvalue weighted by molar-refractivity contribution is 5.49. The van der Waals surface area contributed by atoms with Crippen LogP contribution in [0.5, 0.6) is 5.75 Å². The van der Waals surface area contributed by atoms with E-state index in [1.165, 1.54) is 29.7 Å². The Morgan fingerprint density at radius 1 is 1.04 bits per heavy atom. The quantitative estimate of drug-likeness (QED) is 0.880. The van der Waals surface area contributed by atoms with Crippen molar-refractivity contribution >= 4 is 5.69 Å². The smallest absolute Gasteiger partial charge is 0.119 e. The number of anilines is 1. The Morgan fingerprint density at radius 3 is 2.21 bits per heavy atom. The molecule has 0 bridgehead atoms. The zero-order chi connectivity index (χ0) is 16.9. The van der Waals surface area contributed by atoms with E-state index in [0.717, 1.165) is 18.8 Å². The van der Waals surface area contributed by atoms with Crippen molar-refractivity contribution in [3.8, 4) is 5.75 Å².